The van der Waals surface area contributed by atoms with Gasteiger partial charge in [0.05, 0.1) is 0 Å². The summed E-state index contributed by atoms with van der Waals surface area (Å²) in [6.45, 7) is 5.19. The number of ether oxygens (including phenoxy) is 1. The zero-order chi connectivity index (χ0) is 20.1. The van der Waals surface area contributed by atoms with Gasteiger partial charge >= 0.3 is 0 Å². The molecule has 0 aromatic heterocycles. The van der Waals surface area contributed by atoms with Crippen molar-refractivity contribution in [3.8, 4) is 0 Å². The largest absolute Gasteiger partial charge is 0.367 e. The lowest BCUT2D eigenvalue weighted by atomic mass is 9.96. The van der Waals surface area contributed by atoms with Crippen LogP contribution in [0.15, 0.2) is 42.5 Å². The van der Waals surface area contributed by atoms with E-state index in [1.54, 1.807) is 7.11 Å². The van der Waals surface area contributed by atoms with Crippen LogP contribution < -0.4 is 15.5 Å². The third-order valence-corrected chi connectivity index (χ3v) is 6.60. The molecule has 5 heteroatoms. The third kappa shape index (κ3) is 5.13. The average Bonchev–Trinajstić information content (AvgIpc) is 2.76. The molecule has 0 radical (unpaired) electrons. The number of benzene rings is 2. The Morgan fingerprint density at radius 2 is 2.03 bits per heavy atom. The summed E-state index contributed by atoms with van der Waals surface area (Å²) >= 11 is 6.40. The lowest BCUT2D eigenvalue weighted by Crippen LogP contribution is -2.35. The van der Waals surface area contributed by atoms with E-state index in [1.807, 2.05) is 12.1 Å². The molecule has 0 saturated carbocycles. The van der Waals surface area contributed by atoms with E-state index in [0.717, 1.165) is 50.1 Å². The van der Waals surface area contributed by atoms with Gasteiger partial charge in [0.15, 0.2) is 0 Å². The molecule has 0 spiro atoms. The molecule has 1 unspecified atom stereocenters. The predicted octanol–water partition coefficient (Wildman–Crippen LogP) is 4.53. The Morgan fingerprint density at radius 3 is 2.83 bits per heavy atom. The van der Waals surface area contributed by atoms with Crippen LogP contribution in [0.5, 0.6) is 0 Å². The standard InChI is InChI=1S/C24H32ClN3O/c1-29-24(27-16-18-10-12-26-13-11-18)20-8-9-23-19(15-20)6-4-14-28(23)17-21-5-2-3-7-22(21)25/h2-3,5,7-9,15,18,24,26-27H,4,6,10-14,16-17H2,1H3. The van der Waals surface area contributed by atoms with Crippen molar-refractivity contribution in [2.24, 2.45) is 5.92 Å². The van der Waals surface area contributed by atoms with Gasteiger partial charge in [-0.25, -0.2) is 0 Å². The first kappa shape index (κ1) is 20.7. The van der Waals surface area contributed by atoms with Crippen LogP contribution in [-0.2, 0) is 17.7 Å². The molecule has 4 rings (SSSR count). The van der Waals surface area contributed by atoms with Crippen molar-refractivity contribution in [2.45, 2.75) is 38.5 Å². The Kier molecular flexibility index (Phi) is 7.09. The molecule has 2 heterocycles. The lowest BCUT2D eigenvalue weighted by Gasteiger charge is -2.33. The first-order valence-electron chi connectivity index (χ1n) is 10.8. The minimum atomic E-state index is -0.0471. The van der Waals surface area contributed by atoms with Crippen LogP contribution in [0.2, 0.25) is 5.02 Å². The molecule has 1 saturated heterocycles. The summed E-state index contributed by atoms with van der Waals surface area (Å²) in [6.07, 6.45) is 4.72. The number of halogens is 1. The average molecular weight is 414 g/mol. The highest BCUT2D eigenvalue weighted by atomic mass is 35.5. The van der Waals surface area contributed by atoms with E-state index in [2.05, 4.69) is 45.9 Å². The second kappa shape index (κ2) is 9.94. The number of rotatable bonds is 7. The van der Waals surface area contributed by atoms with Gasteiger partial charge in [-0.3, -0.25) is 5.32 Å². The van der Waals surface area contributed by atoms with Crippen molar-refractivity contribution in [1.82, 2.24) is 10.6 Å². The monoisotopic (exact) mass is 413 g/mol. The maximum Gasteiger partial charge on any atom is 0.133 e. The van der Waals surface area contributed by atoms with Crippen molar-refractivity contribution < 1.29 is 4.74 Å². The van der Waals surface area contributed by atoms with E-state index in [9.17, 15) is 0 Å². The summed E-state index contributed by atoms with van der Waals surface area (Å²) < 4.78 is 5.80. The lowest BCUT2D eigenvalue weighted by molar-refractivity contribution is 0.0681. The molecule has 0 bridgehead atoms. The second-order valence-electron chi connectivity index (χ2n) is 8.22. The third-order valence-electron chi connectivity index (χ3n) is 6.23. The van der Waals surface area contributed by atoms with Gasteiger partial charge in [0.2, 0.25) is 0 Å². The molecular formula is C24H32ClN3O. The van der Waals surface area contributed by atoms with Crippen LogP contribution in [-0.4, -0.2) is 33.3 Å². The van der Waals surface area contributed by atoms with Crippen molar-refractivity contribution in [3.63, 3.8) is 0 Å². The predicted molar refractivity (Wildman–Crippen MR) is 121 cm³/mol. The van der Waals surface area contributed by atoms with Crippen molar-refractivity contribution in [1.29, 1.82) is 0 Å². The molecule has 2 aliphatic rings. The Balaban J connectivity index is 1.46. The molecule has 0 amide bonds. The van der Waals surface area contributed by atoms with E-state index >= 15 is 0 Å². The highest BCUT2D eigenvalue weighted by molar-refractivity contribution is 6.31. The Bertz CT molecular complexity index is 806. The topological polar surface area (TPSA) is 36.5 Å². The molecule has 2 N–H and O–H groups in total. The fourth-order valence-corrected chi connectivity index (χ4v) is 4.75. The Morgan fingerprint density at radius 1 is 1.21 bits per heavy atom. The molecule has 1 fully saturated rings. The number of aryl methyl sites for hydroxylation is 1. The minimum absolute atomic E-state index is 0.0471. The van der Waals surface area contributed by atoms with Gasteiger partial charge in [-0.15, -0.1) is 0 Å². The van der Waals surface area contributed by atoms with Gasteiger partial charge in [0, 0.05) is 37.5 Å². The molecule has 2 aromatic carbocycles. The number of nitrogens with zero attached hydrogens (tertiary/aromatic N) is 1. The number of hydrogen-bond donors (Lipinski definition) is 2. The molecular weight excluding hydrogens is 382 g/mol. The summed E-state index contributed by atoms with van der Waals surface area (Å²) in [5.41, 5.74) is 5.14. The quantitative estimate of drug-likeness (QED) is 0.654. The fourth-order valence-electron chi connectivity index (χ4n) is 4.55. The van der Waals surface area contributed by atoms with Crippen LogP contribution in [0.1, 0.15) is 42.2 Å². The summed E-state index contributed by atoms with van der Waals surface area (Å²) in [6, 6.07) is 15.0. The van der Waals surface area contributed by atoms with Crippen LogP contribution >= 0.6 is 11.6 Å². The maximum absolute atomic E-state index is 6.40. The van der Waals surface area contributed by atoms with Gasteiger partial charge in [-0.1, -0.05) is 35.9 Å². The second-order valence-corrected chi connectivity index (χ2v) is 8.63. The molecule has 2 aromatic rings. The minimum Gasteiger partial charge on any atom is -0.367 e. The van der Waals surface area contributed by atoms with Crippen LogP contribution in [0.4, 0.5) is 5.69 Å². The highest BCUT2D eigenvalue weighted by Crippen LogP contribution is 2.32. The zero-order valence-electron chi connectivity index (χ0n) is 17.3. The Labute approximate surface area is 179 Å². The highest BCUT2D eigenvalue weighted by Gasteiger charge is 2.21. The molecule has 29 heavy (non-hydrogen) atoms. The summed E-state index contributed by atoms with van der Waals surface area (Å²) in [7, 11) is 1.79. The molecule has 0 aliphatic carbocycles. The SMILES string of the molecule is COC(NCC1CCNCC1)c1ccc2c(c1)CCCN2Cc1ccccc1Cl. The van der Waals surface area contributed by atoms with Crippen LogP contribution in [0, 0.1) is 5.92 Å². The summed E-state index contributed by atoms with van der Waals surface area (Å²) in [5, 5.41) is 7.92. The number of fused-ring (bicyclic) bond motifs is 1. The smallest absolute Gasteiger partial charge is 0.133 e. The number of hydrogen-bond acceptors (Lipinski definition) is 4. The van der Waals surface area contributed by atoms with Gasteiger partial charge in [-0.2, -0.15) is 0 Å². The number of anilines is 1. The van der Waals surface area contributed by atoms with E-state index in [-0.39, 0.29) is 6.23 Å². The zero-order valence-corrected chi connectivity index (χ0v) is 18.0. The van der Waals surface area contributed by atoms with E-state index in [4.69, 9.17) is 16.3 Å². The molecule has 156 valence electrons. The van der Waals surface area contributed by atoms with E-state index < -0.39 is 0 Å². The molecule has 4 nitrogen and oxygen atoms in total. The van der Waals surface area contributed by atoms with Crippen molar-refractivity contribution >= 4 is 17.3 Å². The normalized spacial score (nSPS) is 18.5. The van der Waals surface area contributed by atoms with Gasteiger partial charge in [0.1, 0.15) is 6.23 Å². The Hall–Kier alpha value is -1.59. The first-order chi connectivity index (χ1) is 14.2. The van der Waals surface area contributed by atoms with Gasteiger partial charge < -0.3 is 15.0 Å². The fraction of sp³-hybridized carbons (Fsp3) is 0.500. The molecule has 1 atom stereocenters. The van der Waals surface area contributed by atoms with E-state index in [1.165, 1.54) is 41.6 Å². The molecule has 2 aliphatic heterocycles. The number of methoxy groups -OCH3 is 1. The van der Waals surface area contributed by atoms with Crippen molar-refractivity contribution in [3.05, 3.63) is 64.2 Å². The number of nitrogens with one attached hydrogen (secondary N) is 2. The first-order valence-corrected chi connectivity index (χ1v) is 11.2. The summed E-state index contributed by atoms with van der Waals surface area (Å²) in [4.78, 5) is 2.45. The maximum atomic E-state index is 6.40. The van der Waals surface area contributed by atoms with Crippen molar-refractivity contribution in [2.75, 3.05) is 38.2 Å². The van der Waals surface area contributed by atoms with E-state index in [0.29, 0.717) is 0 Å². The van der Waals surface area contributed by atoms with Crippen LogP contribution in [0.3, 0.4) is 0 Å². The van der Waals surface area contributed by atoms with Gasteiger partial charge in [-0.05, 0) is 79.6 Å². The summed E-state index contributed by atoms with van der Waals surface area (Å²) in [5.74, 6) is 0.734. The number of piperidine rings is 1. The van der Waals surface area contributed by atoms with Crippen LogP contribution in [0.25, 0.3) is 0 Å². The van der Waals surface area contributed by atoms with Gasteiger partial charge in [0.25, 0.3) is 0 Å².